The highest BCUT2D eigenvalue weighted by Gasteiger charge is 2.01. The molecule has 12 heavy (non-hydrogen) atoms. The van der Waals surface area contributed by atoms with E-state index in [-0.39, 0.29) is 0 Å². The first-order valence-corrected chi connectivity index (χ1v) is 3.86. The maximum atomic E-state index is 6.90. The molecule has 1 N–H and O–H groups in total. The van der Waals surface area contributed by atoms with Crippen molar-refractivity contribution in [1.82, 2.24) is 0 Å². The van der Waals surface area contributed by atoms with E-state index >= 15 is 0 Å². The molecule has 0 bridgehead atoms. The summed E-state index contributed by atoms with van der Waals surface area (Å²) in [5.74, 6) is 0.655. The molecule has 0 saturated heterocycles. The fourth-order valence-electron chi connectivity index (χ4n) is 1.04. The van der Waals surface area contributed by atoms with Gasteiger partial charge in [-0.15, -0.1) is 0 Å². The highest BCUT2D eigenvalue weighted by Crippen LogP contribution is 2.27. The van der Waals surface area contributed by atoms with Gasteiger partial charge in [0, 0.05) is 0 Å². The van der Waals surface area contributed by atoms with Gasteiger partial charge in [-0.2, -0.15) is 5.11 Å². The van der Waals surface area contributed by atoms with Crippen LogP contribution in [0.1, 0.15) is 12.5 Å². The summed E-state index contributed by atoms with van der Waals surface area (Å²) in [6, 6.07) is 5.69. The number of benzene rings is 1. The minimum absolute atomic E-state index is 0.594. The lowest BCUT2D eigenvalue weighted by Gasteiger charge is -2.04. The summed E-state index contributed by atoms with van der Waals surface area (Å²) in [6.45, 7) is 2.07. The third-order valence-electron chi connectivity index (χ3n) is 1.77. The quantitative estimate of drug-likeness (QED) is 0.686. The van der Waals surface area contributed by atoms with Gasteiger partial charge in [0.15, 0.2) is 0 Å². The van der Waals surface area contributed by atoms with Gasteiger partial charge in [0.05, 0.1) is 7.11 Å². The van der Waals surface area contributed by atoms with Crippen LogP contribution in [-0.2, 0) is 6.42 Å². The first-order valence-electron chi connectivity index (χ1n) is 3.86. The summed E-state index contributed by atoms with van der Waals surface area (Å²) in [5.41, 5.74) is 8.67. The van der Waals surface area contributed by atoms with Gasteiger partial charge in [-0.25, -0.2) is 5.53 Å². The molecule has 0 radical (unpaired) electrons. The van der Waals surface area contributed by atoms with Crippen LogP contribution in [0.3, 0.4) is 0 Å². The molecule has 0 atom stereocenters. The Labute approximate surface area is 71.9 Å². The monoisotopic (exact) mass is 164 g/mol. The van der Waals surface area contributed by atoms with Gasteiger partial charge < -0.3 is 4.74 Å². The van der Waals surface area contributed by atoms with Crippen LogP contribution in [0, 0.1) is 5.53 Å². The summed E-state index contributed by atoms with van der Waals surface area (Å²) < 4.78 is 5.02. The lowest BCUT2D eigenvalue weighted by molar-refractivity contribution is 0.415. The number of aryl methyl sites for hydroxylation is 1. The van der Waals surface area contributed by atoms with Crippen LogP contribution in [-0.4, -0.2) is 7.11 Å². The molecule has 64 valence electrons. The van der Waals surface area contributed by atoms with Gasteiger partial charge in [-0.3, -0.25) is 0 Å². The lowest BCUT2D eigenvalue weighted by Crippen LogP contribution is -1.85. The van der Waals surface area contributed by atoms with E-state index in [4.69, 9.17) is 10.3 Å². The third kappa shape index (κ3) is 1.61. The molecule has 1 aromatic rings. The summed E-state index contributed by atoms with van der Waals surface area (Å²) >= 11 is 0. The number of methoxy groups -OCH3 is 1. The molecule has 0 aliphatic rings. The molecule has 0 amide bonds. The molecule has 0 heterocycles. The molecule has 1 rings (SSSR count). The van der Waals surface area contributed by atoms with Crippen molar-refractivity contribution in [3.63, 3.8) is 0 Å². The minimum atomic E-state index is 0.594. The molecule has 0 aliphatic carbocycles. The maximum absolute atomic E-state index is 6.90. The molecule has 3 nitrogen and oxygen atoms in total. The van der Waals surface area contributed by atoms with Gasteiger partial charge in [0.2, 0.25) is 0 Å². The summed E-state index contributed by atoms with van der Waals surface area (Å²) in [6.07, 6.45) is 0.951. The molecule has 0 aromatic heterocycles. The van der Waals surface area contributed by atoms with E-state index in [1.54, 1.807) is 7.11 Å². The summed E-state index contributed by atoms with van der Waals surface area (Å²) in [5, 5.41) is 3.37. The Hall–Kier alpha value is -1.38. The third-order valence-corrected chi connectivity index (χ3v) is 1.77. The number of rotatable bonds is 3. The van der Waals surface area contributed by atoms with Crippen LogP contribution < -0.4 is 4.74 Å². The summed E-state index contributed by atoms with van der Waals surface area (Å²) in [7, 11) is 1.58. The fraction of sp³-hybridized carbons (Fsp3) is 0.333. The average Bonchev–Trinajstić information content (AvgIpc) is 2.16. The Morgan fingerprint density at radius 2 is 2.25 bits per heavy atom. The van der Waals surface area contributed by atoms with Crippen LogP contribution in [0.4, 0.5) is 5.69 Å². The van der Waals surface area contributed by atoms with Crippen molar-refractivity contribution in [3.05, 3.63) is 23.8 Å². The molecule has 1 aromatic carbocycles. The number of nitrogens with zero attached hydrogens (tertiary/aromatic N) is 1. The Morgan fingerprint density at radius 1 is 1.50 bits per heavy atom. The topological polar surface area (TPSA) is 45.4 Å². The van der Waals surface area contributed by atoms with Gasteiger partial charge in [0.25, 0.3) is 0 Å². The normalized spacial score (nSPS) is 9.50. The van der Waals surface area contributed by atoms with Crippen molar-refractivity contribution in [2.75, 3.05) is 7.11 Å². The molecule has 0 fully saturated rings. The van der Waals surface area contributed by atoms with Crippen LogP contribution >= 0.6 is 0 Å². The Bertz CT molecular complexity index is 284. The zero-order valence-electron chi connectivity index (χ0n) is 7.29. The van der Waals surface area contributed by atoms with Crippen molar-refractivity contribution < 1.29 is 4.74 Å². The molecule has 0 unspecified atom stereocenters. The van der Waals surface area contributed by atoms with Gasteiger partial charge in [0.1, 0.15) is 11.4 Å². The zero-order chi connectivity index (χ0) is 8.97. The Kier molecular flexibility index (Phi) is 2.80. The van der Waals surface area contributed by atoms with E-state index in [0.717, 1.165) is 6.42 Å². The molecular formula is C9H12N2O. The molecule has 0 spiro atoms. The second-order valence-electron chi connectivity index (χ2n) is 2.47. The van der Waals surface area contributed by atoms with Crippen LogP contribution in [0.15, 0.2) is 23.3 Å². The maximum Gasteiger partial charge on any atom is 0.146 e. The second-order valence-corrected chi connectivity index (χ2v) is 2.47. The van der Waals surface area contributed by atoms with Crippen molar-refractivity contribution in [2.45, 2.75) is 13.3 Å². The van der Waals surface area contributed by atoms with E-state index in [1.165, 1.54) is 5.56 Å². The number of hydrogen-bond acceptors (Lipinski definition) is 3. The molecule has 3 heteroatoms. The largest absolute Gasteiger partial charge is 0.494 e. The Morgan fingerprint density at radius 3 is 2.75 bits per heavy atom. The predicted octanol–water partition coefficient (Wildman–Crippen LogP) is 2.92. The fourth-order valence-corrected chi connectivity index (χ4v) is 1.04. The highest BCUT2D eigenvalue weighted by molar-refractivity contribution is 5.52. The van der Waals surface area contributed by atoms with Crippen molar-refractivity contribution in [1.29, 1.82) is 5.53 Å². The van der Waals surface area contributed by atoms with E-state index < -0.39 is 0 Å². The first-order chi connectivity index (χ1) is 5.81. The van der Waals surface area contributed by atoms with Crippen molar-refractivity contribution in [2.24, 2.45) is 5.11 Å². The molecule has 0 aliphatic heterocycles. The minimum Gasteiger partial charge on any atom is -0.494 e. The van der Waals surface area contributed by atoms with Gasteiger partial charge in [-0.1, -0.05) is 13.0 Å². The average molecular weight is 164 g/mol. The van der Waals surface area contributed by atoms with Gasteiger partial charge in [-0.05, 0) is 24.1 Å². The smallest absolute Gasteiger partial charge is 0.146 e. The molecular weight excluding hydrogens is 152 g/mol. The first kappa shape index (κ1) is 8.71. The van der Waals surface area contributed by atoms with E-state index in [9.17, 15) is 0 Å². The molecule has 0 saturated carbocycles. The van der Waals surface area contributed by atoms with Crippen LogP contribution in [0.5, 0.6) is 5.75 Å². The second kappa shape index (κ2) is 3.85. The van der Waals surface area contributed by atoms with E-state index in [1.807, 2.05) is 18.2 Å². The van der Waals surface area contributed by atoms with Crippen LogP contribution in [0.2, 0.25) is 0 Å². The van der Waals surface area contributed by atoms with E-state index in [0.29, 0.717) is 11.4 Å². The zero-order valence-corrected chi connectivity index (χ0v) is 7.29. The lowest BCUT2D eigenvalue weighted by atomic mass is 10.1. The number of nitrogens with one attached hydrogen (secondary N) is 1. The number of hydrogen-bond donors (Lipinski definition) is 1. The van der Waals surface area contributed by atoms with Crippen molar-refractivity contribution >= 4 is 5.69 Å². The highest BCUT2D eigenvalue weighted by atomic mass is 16.5. The van der Waals surface area contributed by atoms with Crippen LogP contribution in [0.25, 0.3) is 0 Å². The standard InChI is InChI=1S/C9H12N2O/c1-3-7-4-5-9(12-2)8(6-7)11-10/h4-6,10H,3H2,1-2H3. The summed E-state index contributed by atoms with van der Waals surface area (Å²) in [4.78, 5) is 0. The Balaban J connectivity index is 3.10. The SMILES string of the molecule is CCc1ccc(OC)c(N=N)c1. The van der Waals surface area contributed by atoms with Gasteiger partial charge >= 0.3 is 0 Å². The van der Waals surface area contributed by atoms with Crippen molar-refractivity contribution in [3.8, 4) is 5.75 Å². The number of ether oxygens (including phenoxy) is 1. The predicted molar refractivity (Wildman–Crippen MR) is 47.2 cm³/mol. The van der Waals surface area contributed by atoms with E-state index in [2.05, 4.69) is 12.0 Å².